The Morgan fingerprint density at radius 3 is 2.65 bits per heavy atom. The minimum absolute atomic E-state index is 0.0168. The third kappa shape index (κ3) is 3.97. The van der Waals surface area contributed by atoms with E-state index in [0.717, 1.165) is 30.6 Å². The van der Waals surface area contributed by atoms with Crippen molar-refractivity contribution in [2.24, 2.45) is 5.73 Å². The van der Waals surface area contributed by atoms with Gasteiger partial charge >= 0.3 is 0 Å². The molecule has 1 aromatic rings. The molecule has 1 amide bonds. The van der Waals surface area contributed by atoms with E-state index in [0.29, 0.717) is 0 Å². The van der Waals surface area contributed by atoms with Gasteiger partial charge in [-0.15, -0.1) is 0 Å². The number of ether oxygens (including phenoxy) is 1. The molecule has 1 aromatic carbocycles. The van der Waals surface area contributed by atoms with E-state index in [1.54, 1.807) is 19.1 Å². The molecule has 0 saturated carbocycles. The highest BCUT2D eigenvalue weighted by molar-refractivity contribution is 5.81. The second-order valence-corrected chi connectivity index (χ2v) is 5.12. The van der Waals surface area contributed by atoms with Gasteiger partial charge in [0.15, 0.2) is 0 Å². The summed E-state index contributed by atoms with van der Waals surface area (Å²) >= 11 is 0. The number of carbonyl (C=O) groups is 1. The minimum Gasteiger partial charge on any atom is -0.496 e. The Kier molecular flexibility index (Phi) is 6.52. The predicted molar refractivity (Wildman–Crippen MR) is 81.7 cm³/mol. The second kappa shape index (κ2) is 7.90. The van der Waals surface area contributed by atoms with Gasteiger partial charge in [-0.3, -0.25) is 4.79 Å². The fraction of sp³-hybridized carbons (Fsp3) is 0.562. The number of nitrogens with two attached hydrogens (primary N) is 1. The van der Waals surface area contributed by atoms with Crippen LogP contribution in [0.25, 0.3) is 0 Å². The predicted octanol–water partition coefficient (Wildman–Crippen LogP) is 2.73. The van der Waals surface area contributed by atoms with Crippen molar-refractivity contribution < 1.29 is 9.53 Å². The molecule has 0 heterocycles. The van der Waals surface area contributed by atoms with Crippen molar-refractivity contribution in [3.05, 3.63) is 29.8 Å². The summed E-state index contributed by atoms with van der Waals surface area (Å²) in [5, 5.41) is 0. The number of nitrogens with zero attached hydrogens (tertiary/aromatic N) is 1. The van der Waals surface area contributed by atoms with Crippen molar-refractivity contribution in [3.8, 4) is 5.75 Å². The van der Waals surface area contributed by atoms with Crippen LogP contribution in [0, 0.1) is 0 Å². The molecule has 0 aliphatic carbocycles. The highest BCUT2D eigenvalue weighted by atomic mass is 16.5. The number of para-hydroxylation sites is 1. The Morgan fingerprint density at radius 2 is 2.05 bits per heavy atom. The standard InChI is InChI=1S/C16H26N2O2/c1-5-6-10-14(17)16(19)18(3)12(2)13-9-7-8-11-15(13)20-4/h7-9,11-12,14H,5-6,10,17H2,1-4H3/t12?,14-/m0/s1. The molecule has 1 unspecified atom stereocenters. The number of rotatable bonds is 7. The second-order valence-electron chi connectivity index (χ2n) is 5.12. The molecule has 20 heavy (non-hydrogen) atoms. The van der Waals surface area contributed by atoms with Crippen LogP contribution in [0.2, 0.25) is 0 Å². The third-order valence-corrected chi connectivity index (χ3v) is 3.70. The van der Waals surface area contributed by atoms with Gasteiger partial charge in [0.25, 0.3) is 0 Å². The summed E-state index contributed by atoms with van der Waals surface area (Å²) in [6, 6.07) is 7.27. The number of methoxy groups -OCH3 is 1. The molecule has 0 fully saturated rings. The van der Waals surface area contributed by atoms with Crippen LogP contribution in [-0.2, 0) is 4.79 Å². The van der Waals surface area contributed by atoms with Crippen LogP contribution < -0.4 is 10.5 Å². The van der Waals surface area contributed by atoms with Crippen LogP contribution in [0.15, 0.2) is 24.3 Å². The van der Waals surface area contributed by atoms with Gasteiger partial charge < -0.3 is 15.4 Å². The van der Waals surface area contributed by atoms with Crippen molar-refractivity contribution in [2.75, 3.05) is 14.2 Å². The van der Waals surface area contributed by atoms with E-state index >= 15 is 0 Å². The van der Waals surface area contributed by atoms with Crippen LogP contribution >= 0.6 is 0 Å². The molecule has 0 aliphatic heterocycles. The molecule has 0 spiro atoms. The fourth-order valence-electron chi connectivity index (χ4n) is 2.22. The summed E-state index contributed by atoms with van der Waals surface area (Å²) in [4.78, 5) is 14.0. The number of benzene rings is 1. The minimum atomic E-state index is -0.419. The van der Waals surface area contributed by atoms with Crippen LogP contribution in [0.5, 0.6) is 5.75 Å². The monoisotopic (exact) mass is 278 g/mol. The van der Waals surface area contributed by atoms with Gasteiger partial charge in [-0.1, -0.05) is 38.0 Å². The summed E-state index contributed by atoms with van der Waals surface area (Å²) in [5.41, 5.74) is 6.96. The molecule has 0 radical (unpaired) electrons. The van der Waals surface area contributed by atoms with Gasteiger partial charge in [0, 0.05) is 12.6 Å². The Balaban J connectivity index is 2.80. The van der Waals surface area contributed by atoms with E-state index in [-0.39, 0.29) is 11.9 Å². The van der Waals surface area contributed by atoms with E-state index in [2.05, 4.69) is 6.92 Å². The van der Waals surface area contributed by atoms with Crippen molar-refractivity contribution >= 4 is 5.91 Å². The first-order valence-electron chi connectivity index (χ1n) is 7.18. The first-order chi connectivity index (χ1) is 9.52. The SMILES string of the molecule is CCCC[C@H](N)C(=O)N(C)C(C)c1ccccc1OC. The number of unbranched alkanes of at least 4 members (excludes halogenated alkanes) is 1. The van der Waals surface area contributed by atoms with Crippen molar-refractivity contribution in [2.45, 2.75) is 45.2 Å². The lowest BCUT2D eigenvalue weighted by Gasteiger charge is -2.28. The normalized spacial score (nSPS) is 13.7. The van der Waals surface area contributed by atoms with Crippen molar-refractivity contribution in [1.82, 2.24) is 4.90 Å². The molecule has 2 N–H and O–H groups in total. The van der Waals surface area contributed by atoms with Crippen molar-refractivity contribution in [3.63, 3.8) is 0 Å². The van der Waals surface area contributed by atoms with E-state index in [1.807, 2.05) is 31.2 Å². The molecule has 2 atom stereocenters. The molecular formula is C16H26N2O2. The zero-order valence-corrected chi connectivity index (χ0v) is 12.9. The highest BCUT2D eigenvalue weighted by Crippen LogP contribution is 2.28. The van der Waals surface area contributed by atoms with E-state index < -0.39 is 6.04 Å². The molecule has 0 bridgehead atoms. The molecule has 1 rings (SSSR count). The fourth-order valence-corrected chi connectivity index (χ4v) is 2.22. The lowest BCUT2D eigenvalue weighted by atomic mass is 10.0. The quantitative estimate of drug-likeness (QED) is 0.834. The molecule has 0 saturated heterocycles. The Bertz CT molecular complexity index is 434. The molecular weight excluding hydrogens is 252 g/mol. The maximum Gasteiger partial charge on any atom is 0.239 e. The van der Waals surface area contributed by atoms with Gasteiger partial charge in [0.1, 0.15) is 5.75 Å². The lowest BCUT2D eigenvalue weighted by Crippen LogP contribution is -2.42. The summed E-state index contributed by atoms with van der Waals surface area (Å²) in [5.74, 6) is 0.777. The largest absolute Gasteiger partial charge is 0.496 e. The zero-order chi connectivity index (χ0) is 15.1. The first-order valence-corrected chi connectivity index (χ1v) is 7.18. The van der Waals surface area contributed by atoms with Crippen LogP contribution in [0.1, 0.15) is 44.7 Å². The number of likely N-dealkylation sites (N-methyl/N-ethyl adjacent to an activating group) is 1. The zero-order valence-electron chi connectivity index (χ0n) is 12.9. The number of carbonyl (C=O) groups excluding carboxylic acids is 1. The van der Waals surface area contributed by atoms with E-state index in [1.165, 1.54) is 0 Å². The van der Waals surface area contributed by atoms with Gasteiger partial charge in [0.2, 0.25) is 5.91 Å². The Hall–Kier alpha value is -1.55. The molecule has 112 valence electrons. The summed E-state index contributed by atoms with van der Waals surface area (Å²) in [7, 11) is 3.44. The van der Waals surface area contributed by atoms with Crippen LogP contribution in [-0.4, -0.2) is 31.0 Å². The highest BCUT2D eigenvalue weighted by Gasteiger charge is 2.24. The summed E-state index contributed by atoms with van der Waals surface area (Å²) in [6.07, 6.45) is 2.76. The molecule has 0 aromatic heterocycles. The summed E-state index contributed by atoms with van der Waals surface area (Å²) < 4.78 is 5.35. The summed E-state index contributed by atoms with van der Waals surface area (Å²) in [6.45, 7) is 4.08. The maximum absolute atomic E-state index is 12.3. The van der Waals surface area contributed by atoms with Gasteiger partial charge in [-0.25, -0.2) is 0 Å². The smallest absolute Gasteiger partial charge is 0.239 e. The average Bonchev–Trinajstić information content (AvgIpc) is 2.50. The van der Waals surface area contributed by atoms with Crippen LogP contribution in [0.4, 0.5) is 0 Å². The van der Waals surface area contributed by atoms with Crippen LogP contribution in [0.3, 0.4) is 0 Å². The lowest BCUT2D eigenvalue weighted by molar-refractivity contribution is -0.133. The number of hydrogen-bond donors (Lipinski definition) is 1. The Morgan fingerprint density at radius 1 is 1.40 bits per heavy atom. The number of amides is 1. The van der Waals surface area contributed by atoms with Gasteiger partial charge in [-0.2, -0.15) is 0 Å². The number of hydrogen-bond acceptors (Lipinski definition) is 3. The maximum atomic E-state index is 12.3. The molecule has 4 nitrogen and oxygen atoms in total. The third-order valence-electron chi connectivity index (χ3n) is 3.70. The first kappa shape index (κ1) is 16.5. The van der Waals surface area contributed by atoms with Crippen molar-refractivity contribution in [1.29, 1.82) is 0 Å². The van der Waals surface area contributed by atoms with E-state index in [4.69, 9.17) is 10.5 Å². The Labute approximate surface area is 121 Å². The van der Waals surface area contributed by atoms with Gasteiger partial charge in [-0.05, 0) is 19.4 Å². The molecule has 4 heteroatoms. The van der Waals surface area contributed by atoms with Gasteiger partial charge in [0.05, 0.1) is 19.2 Å². The average molecular weight is 278 g/mol. The van der Waals surface area contributed by atoms with E-state index in [9.17, 15) is 4.79 Å². The topological polar surface area (TPSA) is 55.6 Å². The molecule has 0 aliphatic rings.